The number of rotatable bonds is 1. The van der Waals surface area contributed by atoms with Crippen molar-refractivity contribution in [2.75, 3.05) is 4.90 Å². The van der Waals surface area contributed by atoms with E-state index in [1.54, 1.807) is 0 Å². The molecular formula is C37H52N4O. The Bertz CT molecular complexity index is 1210. The van der Waals surface area contributed by atoms with Gasteiger partial charge in [-0.25, -0.2) is 0 Å². The van der Waals surface area contributed by atoms with E-state index >= 15 is 0 Å². The number of carbonyl (C=O) groups is 1. The summed E-state index contributed by atoms with van der Waals surface area (Å²) in [5, 5.41) is 0. The minimum Gasteiger partial charge on any atom is -0.362 e. The van der Waals surface area contributed by atoms with Gasteiger partial charge in [0.1, 0.15) is 0 Å². The highest BCUT2D eigenvalue weighted by Gasteiger charge is 2.69. The van der Waals surface area contributed by atoms with Gasteiger partial charge in [0, 0.05) is 66.0 Å². The molecule has 1 aromatic carbocycles. The fourth-order valence-electron chi connectivity index (χ4n) is 13.7. The largest absolute Gasteiger partial charge is 0.362 e. The maximum Gasteiger partial charge on any atom is 0.226 e. The Morgan fingerprint density at radius 3 is 1.83 bits per heavy atom. The summed E-state index contributed by atoms with van der Waals surface area (Å²) in [6.07, 6.45) is 22.8. The Labute approximate surface area is 253 Å². The molecule has 1 amide bonds. The van der Waals surface area contributed by atoms with Gasteiger partial charge >= 0.3 is 0 Å². The lowest BCUT2D eigenvalue weighted by Gasteiger charge is -2.75. The molecule has 226 valence electrons. The lowest BCUT2D eigenvalue weighted by Crippen LogP contribution is -2.89. The molecule has 5 saturated carbocycles. The van der Waals surface area contributed by atoms with Crippen LogP contribution in [0.25, 0.3) is 0 Å². The normalized spacial score (nSPS) is 49.7. The predicted molar refractivity (Wildman–Crippen MR) is 166 cm³/mol. The van der Waals surface area contributed by atoms with Crippen LogP contribution >= 0.6 is 0 Å². The standard InChI is InChI=1S/C37H52N4O/c42-37-26-14-5-4-13-24(26)25-21-22-33-36-34(25)41(37)30-18-9-8-17-29(30)40(36)32-20-10-19-31-35(32)39(33)28-16-7-6-15-27(28)38(31)23-11-2-1-3-12-23/h1-3,11-12,24-36H,4-10,13-22H2. The van der Waals surface area contributed by atoms with Crippen molar-refractivity contribution in [3.05, 3.63) is 30.3 Å². The zero-order valence-corrected chi connectivity index (χ0v) is 25.6. The number of piperazine rings is 3. The summed E-state index contributed by atoms with van der Waals surface area (Å²) >= 11 is 0. The SMILES string of the molecule is O=C1C2CCCCC2C2CCC3C4C2N1C1CCCCC1N4C1CCCC2C1N3C1CCCCC1N2c1ccccc1. The quantitative estimate of drug-likeness (QED) is 0.403. The van der Waals surface area contributed by atoms with Gasteiger partial charge in [-0.05, 0) is 94.6 Å². The first kappa shape index (κ1) is 25.7. The first-order valence-electron chi connectivity index (χ1n) is 18.5. The molecule has 1 aromatic rings. The molecule has 5 heteroatoms. The summed E-state index contributed by atoms with van der Waals surface area (Å²) in [7, 11) is 0. The van der Waals surface area contributed by atoms with Crippen molar-refractivity contribution in [2.45, 2.75) is 170 Å². The van der Waals surface area contributed by atoms with Gasteiger partial charge in [0.05, 0.1) is 6.04 Å². The van der Waals surface area contributed by atoms with E-state index in [0.717, 1.165) is 5.92 Å². The van der Waals surface area contributed by atoms with Gasteiger partial charge in [0.25, 0.3) is 0 Å². The third-order valence-corrected chi connectivity index (χ3v) is 14.8. The molecule has 4 aliphatic heterocycles. The molecule has 0 spiro atoms. The van der Waals surface area contributed by atoms with Crippen LogP contribution in [-0.4, -0.2) is 81.0 Å². The molecule has 0 radical (unpaired) electrons. The summed E-state index contributed by atoms with van der Waals surface area (Å²) in [5.41, 5.74) is 1.49. The molecule has 0 N–H and O–H groups in total. The Hall–Kier alpha value is -1.59. The van der Waals surface area contributed by atoms with E-state index in [0.29, 0.717) is 78.2 Å². The van der Waals surface area contributed by atoms with Crippen LogP contribution in [0.5, 0.6) is 0 Å². The lowest BCUT2D eigenvalue weighted by atomic mass is 9.56. The molecule has 42 heavy (non-hydrogen) atoms. The highest BCUT2D eigenvalue weighted by molar-refractivity contribution is 5.81. The number of anilines is 1. The van der Waals surface area contributed by atoms with E-state index < -0.39 is 0 Å². The fraction of sp³-hybridized carbons (Fsp3) is 0.811. The zero-order valence-electron chi connectivity index (χ0n) is 25.6. The van der Waals surface area contributed by atoms with Crippen molar-refractivity contribution >= 4 is 11.6 Å². The van der Waals surface area contributed by atoms with E-state index in [1.807, 2.05) is 0 Å². The second kappa shape index (κ2) is 9.70. The first-order valence-corrected chi connectivity index (χ1v) is 18.5. The summed E-state index contributed by atoms with van der Waals surface area (Å²) in [6.45, 7) is 0. The van der Waals surface area contributed by atoms with E-state index in [2.05, 4.69) is 49.9 Å². The minimum absolute atomic E-state index is 0.346. The Morgan fingerprint density at radius 2 is 1.05 bits per heavy atom. The van der Waals surface area contributed by atoms with Crippen LogP contribution < -0.4 is 4.90 Å². The molecule has 10 rings (SSSR count). The average Bonchev–Trinajstić information content (AvgIpc) is 3.05. The van der Waals surface area contributed by atoms with Gasteiger partial charge in [-0.15, -0.1) is 0 Å². The lowest BCUT2D eigenvalue weighted by molar-refractivity contribution is -0.237. The summed E-state index contributed by atoms with van der Waals surface area (Å²) in [4.78, 5) is 26.8. The second-order valence-electron chi connectivity index (χ2n) is 16.1. The maximum absolute atomic E-state index is 14.6. The van der Waals surface area contributed by atoms with Gasteiger partial charge in [-0.3, -0.25) is 14.6 Å². The van der Waals surface area contributed by atoms with Crippen molar-refractivity contribution in [1.82, 2.24) is 14.7 Å². The molecule has 0 aromatic heterocycles. The van der Waals surface area contributed by atoms with Crippen molar-refractivity contribution in [3.63, 3.8) is 0 Å². The molecule has 4 heterocycles. The Morgan fingerprint density at radius 1 is 0.452 bits per heavy atom. The fourth-order valence-corrected chi connectivity index (χ4v) is 13.7. The second-order valence-corrected chi connectivity index (χ2v) is 16.1. The Kier molecular flexibility index (Phi) is 5.94. The monoisotopic (exact) mass is 568 g/mol. The van der Waals surface area contributed by atoms with Gasteiger partial charge in [-0.1, -0.05) is 56.7 Å². The molecule has 9 fully saturated rings. The van der Waals surface area contributed by atoms with Crippen LogP contribution in [0.4, 0.5) is 5.69 Å². The molecule has 4 saturated heterocycles. The van der Waals surface area contributed by atoms with Crippen LogP contribution in [0.15, 0.2) is 30.3 Å². The summed E-state index contributed by atoms with van der Waals surface area (Å²) < 4.78 is 0. The van der Waals surface area contributed by atoms with Crippen LogP contribution in [0.1, 0.15) is 109 Å². The van der Waals surface area contributed by atoms with Crippen LogP contribution in [0.2, 0.25) is 0 Å². The molecule has 13 unspecified atom stereocenters. The number of piperidine rings is 1. The van der Waals surface area contributed by atoms with Crippen molar-refractivity contribution in [1.29, 1.82) is 0 Å². The highest BCUT2D eigenvalue weighted by atomic mass is 16.2. The first-order chi connectivity index (χ1) is 20.8. The van der Waals surface area contributed by atoms with E-state index in [1.165, 1.54) is 115 Å². The third-order valence-electron chi connectivity index (χ3n) is 14.8. The van der Waals surface area contributed by atoms with E-state index in [9.17, 15) is 4.79 Å². The topological polar surface area (TPSA) is 30.0 Å². The van der Waals surface area contributed by atoms with Crippen LogP contribution in [-0.2, 0) is 4.79 Å². The molecule has 5 nitrogen and oxygen atoms in total. The average molecular weight is 569 g/mol. The van der Waals surface area contributed by atoms with E-state index in [4.69, 9.17) is 0 Å². The van der Waals surface area contributed by atoms with Crippen molar-refractivity contribution < 1.29 is 4.79 Å². The maximum atomic E-state index is 14.6. The molecule has 0 bridgehead atoms. The van der Waals surface area contributed by atoms with Gasteiger partial charge in [0.2, 0.25) is 5.91 Å². The van der Waals surface area contributed by atoms with Gasteiger partial charge < -0.3 is 9.80 Å². The highest BCUT2D eigenvalue weighted by Crippen LogP contribution is 2.59. The smallest absolute Gasteiger partial charge is 0.226 e. The summed E-state index contributed by atoms with van der Waals surface area (Å²) in [5.74, 6) is 2.39. The molecular weight excluding hydrogens is 516 g/mol. The molecule has 5 aliphatic carbocycles. The van der Waals surface area contributed by atoms with Crippen molar-refractivity contribution in [2.24, 2.45) is 17.8 Å². The number of carbonyl (C=O) groups excluding carboxylic acids is 1. The number of para-hydroxylation sites is 1. The number of hydrogen-bond acceptors (Lipinski definition) is 4. The molecule has 13 atom stereocenters. The number of benzene rings is 1. The Balaban J connectivity index is 1.12. The predicted octanol–water partition coefficient (Wildman–Crippen LogP) is 6.21. The van der Waals surface area contributed by atoms with Crippen molar-refractivity contribution in [3.8, 4) is 0 Å². The van der Waals surface area contributed by atoms with Gasteiger partial charge in [0.15, 0.2) is 0 Å². The van der Waals surface area contributed by atoms with Gasteiger partial charge in [-0.2, -0.15) is 0 Å². The zero-order chi connectivity index (χ0) is 27.5. The summed E-state index contributed by atoms with van der Waals surface area (Å²) in [6, 6.07) is 17.7. The van der Waals surface area contributed by atoms with E-state index in [-0.39, 0.29) is 0 Å². The van der Waals surface area contributed by atoms with Crippen LogP contribution in [0.3, 0.4) is 0 Å². The third kappa shape index (κ3) is 3.36. The van der Waals surface area contributed by atoms with Crippen LogP contribution in [0, 0.1) is 17.8 Å². The molecule has 9 aliphatic rings. The number of fused-ring (bicyclic) bond motifs is 9. The minimum atomic E-state index is 0.346. The number of hydrogen-bond donors (Lipinski definition) is 0. The number of nitrogens with zero attached hydrogens (tertiary/aromatic N) is 4. The number of amides is 1.